The molecule has 1 fully saturated rings. The van der Waals surface area contributed by atoms with Crippen LogP contribution in [0.3, 0.4) is 0 Å². The van der Waals surface area contributed by atoms with Crippen LogP contribution in [0.4, 0.5) is 0 Å². The lowest BCUT2D eigenvalue weighted by atomic mass is 9.90. The van der Waals surface area contributed by atoms with Crippen molar-refractivity contribution < 1.29 is 14.6 Å². The van der Waals surface area contributed by atoms with Crippen LogP contribution in [0.15, 0.2) is 0 Å². The second-order valence-corrected chi connectivity index (χ2v) is 6.78. The number of methoxy groups -OCH3 is 1. The average molecular weight is 246 g/mol. The van der Waals surface area contributed by atoms with Gasteiger partial charge in [0.05, 0.1) is 6.61 Å². The van der Waals surface area contributed by atoms with Crippen LogP contribution in [-0.4, -0.2) is 34.8 Å². The third-order valence-corrected chi connectivity index (χ3v) is 4.76. The summed E-state index contributed by atoms with van der Waals surface area (Å²) in [6.07, 6.45) is 4.78. The van der Waals surface area contributed by atoms with E-state index in [-0.39, 0.29) is 6.61 Å². The van der Waals surface area contributed by atoms with Crippen LogP contribution in [0, 0.1) is 5.92 Å². The standard InChI is InChI=1S/C12H22O3S/c1-9-5-4-6-10(7-9)16-12(2,8-15-3)11(13)14/h9-10H,4-8H2,1-3H3,(H,13,14). The molecule has 0 radical (unpaired) electrons. The quantitative estimate of drug-likeness (QED) is 0.810. The van der Waals surface area contributed by atoms with Gasteiger partial charge < -0.3 is 9.84 Å². The molecule has 1 rings (SSSR count). The van der Waals surface area contributed by atoms with E-state index < -0.39 is 10.7 Å². The molecule has 1 aliphatic carbocycles. The Morgan fingerprint density at radius 3 is 2.75 bits per heavy atom. The molecule has 0 aromatic carbocycles. The van der Waals surface area contributed by atoms with Crippen LogP contribution in [0.1, 0.15) is 39.5 Å². The fourth-order valence-corrected chi connectivity index (χ4v) is 4.01. The zero-order valence-electron chi connectivity index (χ0n) is 10.4. The number of ether oxygens (including phenoxy) is 1. The van der Waals surface area contributed by atoms with E-state index in [1.54, 1.807) is 25.8 Å². The van der Waals surface area contributed by atoms with E-state index in [0.29, 0.717) is 5.25 Å². The number of carbonyl (C=O) groups is 1. The summed E-state index contributed by atoms with van der Waals surface area (Å²) in [6, 6.07) is 0. The molecule has 0 aromatic rings. The first-order chi connectivity index (χ1) is 7.48. The highest BCUT2D eigenvalue weighted by Crippen LogP contribution is 2.39. The molecule has 0 amide bonds. The summed E-state index contributed by atoms with van der Waals surface area (Å²) < 4.78 is 4.24. The zero-order valence-corrected chi connectivity index (χ0v) is 11.2. The Morgan fingerprint density at radius 1 is 1.56 bits per heavy atom. The van der Waals surface area contributed by atoms with Crippen LogP contribution < -0.4 is 0 Å². The van der Waals surface area contributed by atoms with Gasteiger partial charge in [-0.15, -0.1) is 11.8 Å². The van der Waals surface area contributed by atoms with Crippen molar-refractivity contribution in [2.24, 2.45) is 5.92 Å². The molecule has 0 aliphatic heterocycles. The highest BCUT2D eigenvalue weighted by molar-refractivity contribution is 8.02. The number of aliphatic carboxylic acids is 1. The maximum Gasteiger partial charge on any atom is 0.321 e. The Balaban J connectivity index is 2.57. The molecule has 1 saturated carbocycles. The third kappa shape index (κ3) is 3.67. The molecule has 1 N–H and O–H groups in total. The minimum atomic E-state index is -0.795. The monoisotopic (exact) mass is 246 g/mol. The Hall–Kier alpha value is -0.220. The van der Waals surface area contributed by atoms with E-state index in [9.17, 15) is 9.90 Å². The van der Waals surface area contributed by atoms with Crippen molar-refractivity contribution >= 4 is 17.7 Å². The molecule has 0 heterocycles. The maximum absolute atomic E-state index is 11.3. The second-order valence-electron chi connectivity index (χ2n) is 4.98. The molecule has 16 heavy (non-hydrogen) atoms. The lowest BCUT2D eigenvalue weighted by Gasteiger charge is -2.32. The molecule has 0 aromatic heterocycles. The van der Waals surface area contributed by atoms with Crippen molar-refractivity contribution in [3.8, 4) is 0 Å². The number of hydrogen-bond donors (Lipinski definition) is 1. The van der Waals surface area contributed by atoms with Gasteiger partial charge in [0.15, 0.2) is 0 Å². The van der Waals surface area contributed by atoms with E-state index in [1.165, 1.54) is 12.8 Å². The van der Waals surface area contributed by atoms with Gasteiger partial charge in [-0.2, -0.15) is 0 Å². The molecule has 4 heteroatoms. The molecule has 1 aliphatic rings. The van der Waals surface area contributed by atoms with E-state index in [4.69, 9.17) is 4.74 Å². The van der Waals surface area contributed by atoms with E-state index >= 15 is 0 Å². The summed E-state index contributed by atoms with van der Waals surface area (Å²) in [5.74, 6) is -0.0376. The van der Waals surface area contributed by atoms with Gasteiger partial charge in [-0.1, -0.05) is 19.8 Å². The van der Waals surface area contributed by atoms with Crippen LogP contribution in [0.2, 0.25) is 0 Å². The Labute approximate surface area is 102 Å². The predicted octanol–water partition coefficient (Wildman–Crippen LogP) is 2.79. The normalized spacial score (nSPS) is 29.7. The number of carboxylic acids is 1. The second kappa shape index (κ2) is 5.92. The van der Waals surface area contributed by atoms with Crippen LogP contribution in [0.5, 0.6) is 0 Å². The highest BCUT2D eigenvalue weighted by Gasteiger charge is 2.37. The number of rotatable bonds is 5. The molecule has 0 bridgehead atoms. The van der Waals surface area contributed by atoms with Crippen molar-refractivity contribution in [3.05, 3.63) is 0 Å². The largest absolute Gasteiger partial charge is 0.480 e. The van der Waals surface area contributed by atoms with E-state index in [2.05, 4.69) is 6.92 Å². The minimum absolute atomic E-state index is 0.276. The molecule has 0 spiro atoms. The van der Waals surface area contributed by atoms with Gasteiger partial charge in [-0.05, 0) is 25.7 Å². The summed E-state index contributed by atoms with van der Waals surface area (Å²) in [5, 5.41) is 9.73. The van der Waals surface area contributed by atoms with E-state index in [0.717, 1.165) is 18.8 Å². The molecule has 3 nitrogen and oxygen atoms in total. The summed E-state index contributed by atoms with van der Waals surface area (Å²) >= 11 is 1.58. The van der Waals surface area contributed by atoms with Gasteiger partial charge in [0.1, 0.15) is 4.75 Å². The minimum Gasteiger partial charge on any atom is -0.480 e. The van der Waals surface area contributed by atoms with Crippen molar-refractivity contribution in [1.82, 2.24) is 0 Å². The lowest BCUT2D eigenvalue weighted by Crippen LogP contribution is -2.39. The van der Waals surface area contributed by atoms with Gasteiger partial charge in [-0.25, -0.2) is 0 Å². The topological polar surface area (TPSA) is 46.5 Å². The third-order valence-electron chi connectivity index (χ3n) is 3.19. The van der Waals surface area contributed by atoms with Crippen molar-refractivity contribution in [2.75, 3.05) is 13.7 Å². The smallest absolute Gasteiger partial charge is 0.321 e. The lowest BCUT2D eigenvalue weighted by molar-refractivity contribution is -0.140. The summed E-state index contributed by atoms with van der Waals surface area (Å²) in [6.45, 7) is 4.29. The molecular formula is C12H22O3S. The average Bonchev–Trinajstić information content (AvgIpc) is 2.17. The first-order valence-corrected chi connectivity index (χ1v) is 6.76. The SMILES string of the molecule is COCC(C)(SC1CCCC(C)C1)C(=O)O. The summed E-state index contributed by atoms with van der Waals surface area (Å²) in [4.78, 5) is 11.3. The predicted molar refractivity (Wildman–Crippen MR) is 66.9 cm³/mol. The first kappa shape index (κ1) is 13.8. The maximum atomic E-state index is 11.3. The fourth-order valence-electron chi connectivity index (χ4n) is 2.27. The zero-order chi connectivity index (χ0) is 12.2. The van der Waals surface area contributed by atoms with Gasteiger partial charge in [0.25, 0.3) is 0 Å². The fraction of sp³-hybridized carbons (Fsp3) is 0.917. The molecule has 3 atom stereocenters. The van der Waals surface area contributed by atoms with Crippen molar-refractivity contribution in [2.45, 2.75) is 49.5 Å². The van der Waals surface area contributed by atoms with Crippen LogP contribution >= 0.6 is 11.8 Å². The highest BCUT2D eigenvalue weighted by atomic mass is 32.2. The summed E-state index contributed by atoms with van der Waals surface area (Å²) in [7, 11) is 1.56. The molecule has 94 valence electrons. The molecule has 3 unspecified atom stereocenters. The Morgan fingerprint density at radius 2 is 2.25 bits per heavy atom. The van der Waals surface area contributed by atoms with Gasteiger partial charge in [0, 0.05) is 12.4 Å². The summed E-state index contributed by atoms with van der Waals surface area (Å²) in [5.41, 5.74) is 0. The molecular weight excluding hydrogens is 224 g/mol. The number of hydrogen-bond acceptors (Lipinski definition) is 3. The Bertz CT molecular complexity index is 244. The number of carboxylic acid groups (broad SMARTS) is 1. The van der Waals surface area contributed by atoms with Gasteiger partial charge in [0.2, 0.25) is 0 Å². The van der Waals surface area contributed by atoms with Crippen molar-refractivity contribution in [3.63, 3.8) is 0 Å². The van der Waals surface area contributed by atoms with Gasteiger partial charge >= 0.3 is 5.97 Å². The molecule has 0 saturated heterocycles. The van der Waals surface area contributed by atoms with E-state index in [1.807, 2.05) is 0 Å². The van der Waals surface area contributed by atoms with Crippen LogP contribution in [0.25, 0.3) is 0 Å². The number of thioether (sulfide) groups is 1. The van der Waals surface area contributed by atoms with Crippen molar-refractivity contribution in [1.29, 1.82) is 0 Å². The van der Waals surface area contributed by atoms with Gasteiger partial charge in [-0.3, -0.25) is 4.79 Å². The Kier molecular flexibility index (Phi) is 5.12. The first-order valence-electron chi connectivity index (χ1n) is 5.88. The van der Waals surface area contributed by atoms with Crippen LogP contribution in [-0.2, 0) is 9.53 Å².